The van der Waals surface area contributed by atoms with Crippen molar-refractivity contribution in [2.24, 2.45) is 0 Å². The number of Topliss-reactive ketones (excluding diaryl/α,β-unsaturated/α-hetero) is 1. The Labute approximate surface area is 123 Å². The van der Waals surface area contributed by atoms with E-state index in [-0.39, 0.29) is 17.3 Å². The molecule has 3 N–H and O–H groups in total. The zero-order valence-corrected chi connectivity index (χ0v) is 12.3. The number of carbonyl (C=O) groups is 2. The molecule has 6 heteroatoms. The number of para-hydroxylation sites is 1. The summed E-state index contributed by atoms with van der Waals surface area (Å²) in [5.74, 6) is -1.22. The summed E-state index contributed by atoms with van der Waals surface area (Å²) in [4.78, 5) is 22.5. The van der Waals surface area contributed by atoms with Crippen molar-refractivity contribution in [3.05, 3.63) is 29.8 Å². The standard InChI is InChI=1S/C14H18N2O3S/c1-3-10(17)8-12(13(18)19)16-14(20)15-11-7-5-4-6-9(11)2/h4-7,12H,3,8H2,1-2H3,(H,18,19)(H2,15,16,20). The highest BCUT2D eigenvalue weighted by atomic mass is 32.1. The maximum Gasteiger partial charge on any atom is 0.326 e. The molecule has 5 nitrogen and oxygen atoms in total. The van der Waals surface area contributed by atoms with Crippen LogP contribution in [0.15, 0.2) is 24.3 Å². The van der Waals surface area contributed by atoms with Crippen molar-refractivity contribution in [3.8, 4) is 0 Å². The third-order valence-corrected chi connectivity index (χ3v) is 3.04. The summed E-state index contributed by atoms with van der Waals surface area (Å²) >= 11 is 5.08. The van der Waals surface area contributed by atoms with E-state index in [9.17, 15) is 9.59 Å². The molecule has 0 aliphatic rings. The van der Waals surface area contributed by atoms with Crippen LogP contribution in [0.1, 0.15) is 25.3 Å². The smallest absolute Gasteiger partial charge is 0.326 e. The van der Waals surface area contributed by atoms with Crippen LogP contribution in [0.2, 0.25) is 0 Å². The summed E-state index contributed by atoms with van der Waals surface area (Å²) in [6.07, 6.45) is 0.227. The number of carboxylic acid groups (broad SMARTS) is 1. The van der Waals surface area contributed by atoms with Crippen molar-refractivity contribution in [1.82, 2.24) is 5.32 Å². The molecule has 1 unspecified atom stereocenters. The van der Waals surface area contributed by atoms with Crippen LogP contribution >= 0.6 is 12.2 Å². The lowest BCUT2D eigenvalue weighted by atomic mass is 10.1. The second-order valence-electron chi connectivity index (χ2n) is 4.40. The number of hydrogen-bond donors (Lipinski definition) is 3. The van der Waals surface area contributed by atoms with E-state index in [1.165, 1.54) is 0 Å². The van der Waals surface area contributed by atoms with Gasteiger partial charge in [0.05, 0.1) is 0 Å². The number of rotatable bonds is 6. The van der Waals surface area contributed by atoms with Crippen molar-refractivity contribution in [2.45, 2.75) is 32.7 Å². The number of carbonyl (C=O) groups excluding carboxylic acids is 1. The van der Waals surface area contributed by atoms with Crippen molar-refractivity contribution in [3.63, 3.8) is 0 Å². The van der Waals surface area contributed by atoms with Crippen LogP contribution < -0.4 is 10.6 Å². The Kier molecular flexibility index (Phi) is 6.11. The quantitative estimate of drug-likeness (QED) is 0.697. The summed E-state index contributed by atoms with van der Waals surface area (Å²) in [5, 5.41) is 14.9. The minimum atomic E-state index is -1.10. The van der Waals surface area contributed by atoms with E-state index < -0.39 is 12.0 Å². The molecule has 0 radical (unpaired) electrons. The van der Waals surface area contributed by atoms with Gasteiger partial charge < -0.3 is 15.7 Å². The molecule has 0 heterocycles. The maximum absolute atomic E-state index is 11.4. The lowest BCUT2D eigenvalue weighted by Gasteiger charge is -2.17. The molecule has 0 saturated carbocycles. The van der Waals surface area contributed by atoms with Crippen molar-refractivity contribution in [1.29, 1.82) is 0 Å². The normalized spacial score (nSPS) is 11.5. The van der Waals surface area contributed by atoms with Crippen molar-refractivity contribution in [2.75, 3.05) is 5.32 Å². The molecule has 1 atom stereocenters. The SMILES string of the molecule is CCC(=O)CC(NC(=S)Nc1ccccc1C)C(=O)O. The van der Waals surface area contributed by atoms with Gasteiger partial charge in [-0.2, -0.15) is 0 Å². The van der Waals surface area contributed by atoms with Crippen molar-refractivity contribution < 1.29 is 14.7 Å². The van der Waals surface area contributed by atoms with Gasteiger partial charge in [0.25, 0.3) is 0 Å². The number of thiocarbonyl (C=S) groups is 1. The number of carboxylic acids is 1. The summed E-state index contributed by atoms with van der Waals surface area (Å²) in [6, 6.07) is 6.51. The largest absolute Gasteiger partial charge is 0.480 e. The lowest BCUT2D eigenvalue weighted by Crippen LogP contribution is -2.44. The Morgan fingerprint density at radius 1 is 1.35 bits per heavy atom. The fourth-order valence-electron chi connectivity index (χ4n) is 1.60. The summed E-state index contributed by atoms with van der Waals surface area (Å²) < 4.78 is 0. The molecule has 0 aliphatic heterocycles. The van der Waals surface area contributed by atoms with Gasteiger partial charge in [-0.3, -0.25) is 4.79 Å². The molecule has 1 aromatic carbocycles. The maximum atomic E-state index is 11.4. The lowest BCUT2D eigenvalue weighted by molar-refractivity contribution is -0.140. The molecular weight excluding hydrogens is 276 g/mol. The van der Waals surface area contributed by atoms with E-state index >= 15 is 0 Å². The van der Waals surface area contributed by atoms with E-state index in [0.717, 1.165) is 11.3 Å². The van der Waals surface area contributed by atoms with E-state index in [1.807, 2.05) is 31.2 Å². The van der Waals surface area contributed by atoms with Crippen LogP contribution in [-0.4, -0.2) is 28.0 Å². The molecular formula is C14H18N2O3S. The van der Waals surface area contributed by atoms with E-state index in [0.29, 0.717) is 6.42 Å². The van der Waals surface area contributed by atoms with Gasteiger partial charge in [0, 0.05) is 18.5 Å². The molecule has 0 amide bonds. The summed E-state index contributed by atoms with van der Waals surface area (Å²) in [6.45, 7) is 3.62. The van der Waals surface area contributed by atoms with Crippen molar-refractivity contribution >= 4 is 34.8 Å². The fraction of sp³-hybridized carbons (Fsp3) is 0.357. The van der Waals surface area contributed by atoms with Gasteiger partial charge in [-0.05, 0) is 30.8 Å². The Hall–Kier alpha value is -1.95. The molecule has 0 saturated heterocycles. The number of aliphatic carboxylic acids is 1. The van der Waals surface area contributed by atoms with Crippen LogP contribution in [0.3, 0.4) is 0 Å². The highest BCUT2D eigenvalue weighted by molar-refractivity contribution is 7.80. The Bertz CT molecular complexity index is 517. The highest BCUT2D eigenvalue weighted by Crippen LogP contribution is 2.13. The molecule has 1 aromatic rings. The number of benzene rings is 1. The third kappa shape index (κ3) is 4.97. The van der Waals surface area contributed by atoms with Gasteiger partial charge in [0.2, 0.25) is 0 Å². The van der Waals surface area contributed by atoms with Gasteiger partial charge in [0.15, 0.2) is 5.11 Å². The second-order valence-corrected chi connectivity index (χ2v) is 4.81. The molecule has 0 bridgehead atoms. The van der Waals surface area contributed by atoms with Gasteiger partial charge in [-0.1, -0.05) is 25.1 Å². The molecule has 1 rings (SSSR count). The van der Waals surface area contributed by atoms with Gasteiger partial charge in [-0.15, -0.1) is 0 Å². The zero-order valence-electron chi connectivity index (χ0n) is 11.5. The molecule has 20 heavy (non-hydrogen) atoms. The molecule has 108 valence electrons. The number of nitrogens with one attached hydrogen (secondary N) is 2. The average molecular weight is 294 g/mol. The Balaban J connectivity index is 2.65. The highest BCUT2D eigenvalue weighted by Gasteiger charge is 2.21. The number of aryl methyl sites for hydroxylation is 1. The second kappa shape index (κ2) is 7.59. The third-order valence-electron chi connectivity index (χ3n) is 2.82. The predicted octanol–water partition coefficient (Wildman–Crippen LogP) is 2.10. The fourth-order valence-corrected chi connectivity index (χ4v) is 1.85. The number of anilines is 1. The average Bonchev–Trinajstić information content (AvgIpc) is 2.40. The Morgan fingerprint density at radius 2 is 2.00 bits per heavy atom. The van der Waals surface area contributed by atoms with Gasteiger partial charge in [0.1, 0.15) is 11.8 Å². The zero-order chi connectivity index (χ0) is 15.1. The predicted molar refractivity (Wildman–Crippen MR) is 81.9 cm³/mol. The summed E-state index contributed by atoms with van der Waals surface area (Å²) in [5.41, 5.74) is 1.80. The van der Waals surface area contributed by atoms with Crippen LogP contribution in [0, 0.1) is 6.92 Å². The molecule has 0 aliphatic carbocycles. The number of ketones is 1. The minimum absolute atomic E-state index is 0.0819. The van der Waals surface area contributed by atoms with Crippen LogP contribution in [-0.2, 0) is 9.59 Å². The van der Waals surface area contributed by atoms with E-state index in [2.05, 4.69) is 10.6 Å². The molecule has 0 fully saturated rings. The first-order valence-corrected chi connectivity index (χ1v) is 6.72. The Morgan fingerprint density at radius 3 is 2.55 bits per heavy atom. The van der Waals surface area contributed by atoms with E-state index in [1.54, 1.807) is 6.92 Å². The van der Waals surface area contributed by atoms with Crippen LogP contribution in [0.5, 0.6) is 0 Å². The first-order valence-electron chi connectivity index (χ1n) is 6.31. The monoisotopic (exact) mass is 294 g/mol. The topological polar surface area (TPSA) is 78.4 Å². The van der Waals surface area contributed by atoms with Crippen LogP contribution in [0.25, 0.3) is 0 Å². The molecule has 0 aromatic heterocycles. The first-order chi connectivity index (χ1) is 9.43. The minimum Gasteiger partial charge on any atom is -0.480 e. The summed E-state index contributed by atoms with van der Waals surface area (Å²) in [7, 11) is 0. The first kappa shape index (κ1) is 16.1. The van der Waals surface area contributed by atoms with E-state index in [4.69, 9.17) is 17.3 Å². The van der Waals surface area contributed by atoms with Gasteiger partial charge in [-0.25, -0.2) is 4.79 Å². The van der Waals surface area contributed by atoms with Gasteiger partial charge >= 0.3 is 5.97 Å². The number of hydrogen-bond acceptors (Lipinski definition) is 3. The molecule has 0 spiro atoms. The van der Waals surface area contributed by atoms with Crippen LogP contribution in [0.4, 0.5) is 5.69 Å².